The van der Waals surface area contributed by atoms with Crippen molar-refractivity contribution in [2.24, 2.45) is 0 Å². The summed E-state index contributed by atoms with van der Waals surface area (Å²) < 4.78 is 39.6. The molecule has 3 heterocycles. The number of nitrogens with zero attached hydrogens (tertiary/aromatic N) is 5. The normalized spacial score (nSPS) is 16.3. The van der Waals surface area contributed by atoms with Crippen molar-refractivity contribution in [1.82, 2.24) is 24.1 Å². The lowest BCUT2D eigenvalue weighted by Crippen LogP contribution is -2.49. The van der Waals surface area contributed by atoms with Crippen LogP contribution >= 0.6 is 12.2 Å². The quantitative estimate of drug-likeness (QED) is 0.564. The molecule has 0 saturated carbocycles. The number of aromatic nitrogens is 3. The molecule has 29 heavy (non-hydrogen) atoms. The average Bonchev–Trinajstić information content (AvgIpc) is 3.25. The van der Waals surface area contributed by atoms with Crippen molar-refractivity contribution in [1.29, 1.82) is 0 Å². The molecule has 9 nitrogen and oxygen atoms in total. The van der Waals surface area contributed by atoms with Gasteiger partial charge in [0.1, 0.15) is 10.6 Å². The van der Waals surface area contributed by atoms with Crippen molar-refractivity contribution < 1.29 is 17.4 Å². The van der Waals surface area contributed by atoms with Gasteiger partial charge in [-0.1, -0.05) is 23.4 Å². The standard InChI is InChI=1S/C18H21N5O4S2/c1-13-16(14(2)27-20-13)29(24,25)22-10-8-21(9-11-22)12-23-18(28)26-17(19-23)15-6-4-3-5-7-15/h3-7H,8-12H2,1-2H3. The maximum absolute atomic E-state index is 12.9. The Morgan fingerprint density at radius 3 is 2.41 bits per heavy atom. The van der Waals surface area contributed by atoms with Crippen molar-refractivity contribution in [3.63, 3.8) is 0 Å². The van der Waals surface area contributed by atoms with Crippen molar-refractivity contribution in [2.75, 3.05) is 26.2 Å². The molecule has 0 radical (unpaired) electrons. The highest BCUT2D eigenvalue weighted by atomic mass is 32.2. The van der Waals surface area contributed by atoms with Crippen LogP contribution in [0.1, 0.15) is 11.5 Å². The fourth-order valence-corrected chi connectivity index (χ4v) is 5.26. The summed E-state index contributed by atoms with van der Waals surface area (Å²) in [5.41, 5.74) is 1.24. The molecule has 1 aliphatic heterocycles. The molecule has 3 aromatic rings. The lowest BCUT2D eigenvalue weighted by Gasteiger charge is -2.33. The molecule has 0 unspecified atom stereocenters. The van der Waals surface area contributed by atoms with Gasteiger partial charge in [-0.25, -0.2) is 13.1 Å². The summed E-state index contributed by atoms with van der Waals surface area (Å²) in [5.74, 6) is 0.780. The van der Waals surface area contributed by atoms with E-state index in [1.165, 1.54) is 4.31 Å². The van der Waals surface area contributed by atoms with Gasteiger partial charge >= 0.3 is 0 Å². The molecule has 0 spiro atoms. The van der Waals surface area contributed by atoms with Gasteiger partial charge in [0, 0.05) is 31.7 Å². The van der Waals surface area contributed by atoms with E-state index >= 15 is 0 Å². The van der Waals surface area contributed by atoms with E-state index in [9.17, 15) is 8.42 Å². The van der Waals surface area contributed by atoms with Crippen molar-refractivity contribution in [3.05, 3.63) is 46.6 Å². The second-order valence-corrected chi connectivity index (χ2v) is 9.08. The second kappa shape index (κ2) is 7.82. The highest BCUT2D eigenvalue weighted by Gasteiger charge is 2.33. The largest absolute Gasteiger partial charge is 0.409 e. The van der Waals surface area contributed by atoms with Gasteiger partial charge in [0.2, 0.25) is 15.9 Å². The van der Waals surface area contributed by atoms with Crippen LogP contribution in [0.15, 0.2) is 44.2 Å². The fourth-order valence-electron chi connectivity index (χ4n) is 3.37. The van der Waals surface area contributed by atoms with Gasteiger partial charge in [-0.05, 0) is 38.2 Å². The van der Waals surface area contributed by atoms with E-state index in [4.69, 9.17) is 21.2 Å². The molecule has 0 atom stereocenters. The molecular formula is C18H21N5O4S2. The number of piperazine rings is 1. The highest BCUT2D eigenvalue weighted by molar-refractivity contribution is 7.89. The molecule has 11 heteroatoms. The Morgan fingerprint density at radius 2 is 1.79 bits per heavy atom. The third-order valence-electron chi connectivity index (χ3n) is 4.86. The van der Waals surface area contributed by atoms with Gasteiger partial charge in [0.25, 0.3) is 4.84 Å². The zero-order valence-electron chi connectivity index (χ0n) is 16.1. The Kier molecular flexibility index (Phi) is 5.38. The summed E-state index contributed by atoms with van der Waals surface area (Å²) in [6.07, 6.45) is 0. The van der Waals surface area contributed by atoms with Crippen LogP contribution < -0.4 is 0 Å². The molecule has 1 fully saturated rings. The summed E-state index contributed by atoms with van der Waals surface area (Å²) in [6, 6.07) is 9.55. The molecule has 0 amide bonds. The maximum atomic E-state index is 12.9. The maximum Gasteiger partial charge on any atom is 0.288 e. The molecule has 1 aromatic carbocycles. The summed E-state index contributed by atoms with van der Waals surface area (Å²) in [5, 5.41) is 8.22. The van der Waals surface area contributed by atoms with Gasteiger partial charge in [0.05, 0.1) is 6.67 Å². The SMILES string of the molecule is Cc1noc(C)c1S(=O)(=O)N1CCN(Cn2nc(-c3ccccc3)oc2=S)CC1. The summed E-state index contributed by atoms with van der Waals surface area (Å²) >= 11 is 5.29. The van der Waals surface area contributed by atoms with E-state index in [-0.39, 0.29) is 9.73 Å². The molecule has 0 bridgehead atoms. The molecule has 4 rings (SSSR count). The number of aryl methyl sites for hydroxylation is 2. The average molecular weight is 436 g/mol. The Morgan fingerprint density at radius 1 is 1.10 bits per heavy atom. The van der Waals surface area contributed by atoms with E-state index in [1.807, 2.05) is 30.3 Å². The third-order valence-corrected chi connectivity index (χ3v) is 7.30. The highest BCUT2D eigenvalue weighted by Crippen LogP contribution is 2.24. The van der Waals surface area contributed by atoms with E-state index in [2.05, 4.69) is 15.2 Å². The van der Waals surface area contributed by atoms with E-state index < -0.39 is 10.0 Å². The molecule has 0 N–H and O–H groups in total. The minimum absolute atomic E-state index is 0.164. The first-order valence-corrected chi connectivity index (χ1v) is 11.0. The topological polar surface area (TPSA) is 97.6 Å². The molecule has 154 valence electrons. The van der Waals surface area contributed by atoms with Gasteiger partial charge in [-0.3, -0.25) is 4.90 Å². The number of rotatable bonds is 5. The molecule has 2 aromatic heterocycles. The van der Waals surface area contributed by atoms with Gasteiger partial charge in [0.15, 0.2) is 5.76 Å². The van der Waals surface area contributed by atoms with Crippen molar-refractivity contribution >= 4 is 22.2 Å². The number of hydrogen-bond donors (Lipinski definition) is 0. The zero-order chi connectivity index (χ0) is 20.6. The van der Waals surface area contributed by atoms with Crippen LogP contribution in [0.3, 0.4) is 0 Å². The van der Waals surface area contributed by atoms with Crippen molar-refractivity contribution in [2.45, 2.75) is 25.4 Å². The summed E-state index contributed by atoms with van der Waals surface area (Å²) in [7, 11) is -3.63. The van der Waals surface area contributed by atoms with Crippen LogP contribution in [0, 0.1) is 18.7 Å². The number of sulfonamides is 1. The third kappa shape index (κ3) is 3.90. The lowest BCUT2D eigenvalue weighted by molar-refractivity contribution is 0.143. The molecule has 1 aliphatic rings. The van der Waals surface area contributed by atoms with E-state index in [0.29, 0.717) is 50.2 Å². The van der Waals surface area contributed by atoms with Gasteiger partial charge in [-0.15, -0.1) is 5.10 Å². The van der Waals surface area contributed by atoms with Crippen LogP contribution in [0.5, 0.6) is 0 Å². The van der Waals surface area contributed by atoms with Crippen molar-refractivity contribution in [3.8, 4) is 11.5 Å². The number of hydrogen-bond acceptors (Lipinski definition) is 8. The molecule has 0 aliphatic carbocycles. The predicted octanol–water partition coefficient (Wildman–Crippen LogP) is 2.44. The lowest BCUT2D eigenvalue weighted by atomic mass is 10.2. The Labute approximate surface area is 173 Å². The Hall–Kier alpha value is -2.34. The first-order chi connectivity index (χ1) is 13.9. The minimum Gasteiger partial charge on any atom is -0.409 e. The minimum atomic E-state index is -3.63. The second-order valence-electron chi connectivity index (χ2n) is 6.86. The first-order valence-electron chi connectivity index (χ1n) is 9.15. The van der Waals surface area contributed by atoms with Crippen LogP contribution in [0.2, 0.25) is 0 Å². The van der Waals surface area contributed by atoms with Gasteiger partial charge < -0.3 is 8.94 Å². The zero-order valence-corrected chi connectivity index (χ0v) is 17.7. The predicted molar refractivity (Wildman–Crippen MR) is 107 cm³/mol. The number of benzene rings is 1. The van der Waals surface area contributed by atoms with E-state index in [1.54, 1.807) is 18.5 Å². The monoisotopic (exact) mass is 435 g/mol. The first kappa shape index (κ1) is 20.0. The van der Waals surface area contributed by atoms with Crippen LogP contribution in [-0.2, 0) is 16.7 Å². The smallest absolute Gasteiger partial charge is 0.288 e. The van der Waals surface area contributed by atoms with Crippen LogP contribution in [0.25, 0.3) is 11.5 Å². The summed E-state index contributed by atoms with van der Waals surface area (Å²) in [6.45, 7) is 5.52. The Balaban J connectivity index is 1.43. The van der Waals surface area contributed by atoms with Crippen LogP contribution in [0.4, 0.5) is 0 Å². The van der Waals surface area contributed by atoms with Gasteiger partial charge in [-0.2, -0.15) is 4.31 Å². The van der Waals surface area contributed by atoms with E-state index in [0.717, 1.165) is 5.56 Å². The molecule has 1 saturated heterocycles. The molecular weight excluding hydrogens is 414 g/mol. The summed E-state index contributed by atoms with van der Waals surface area (Å²) in [4.78, 5) is 2.54. The van der Waals surface area contributed by atoms with Crippen LogP contribution in [-0.4, -0.2) is 58.7 Å². The Bertz CT molecular complexity index is 1140. The fraction of sp³-hybridized carbons (Fsp3) is 0.389.